The second-order valence-electron chi connectivity index (χ2n) is 5.24. The zero-order chi connectivity index (χ0) is 13.0. The zero-order valence-corrected chi connectivity index (χ0v) is 11.2. The van der Waals surface area contributed by atoms with Gasteiger partial charge in [0.1, 0.15) is 0 Å². The van der Waals surface area contributed by atoms with E-state index in [-0.39, 0.29) is 11.8 Å². The van der Waals surface area contributed by atoms with Gasteiger partial charge in [0.25, 0.3) is 0 Å². The molecule has 5 heteroatoms. The summed E-state index contributed by atoms with van der Waals surface area (Å²) in [6.07, 6.45) is 3.36. The summed E-state index contributed by atoms with van der Waals surface area (Å²) in [4.78, 5) is 27.6. The van der Waals surface area contributed by atoms with Crippen molar-refractivity contribution in [2.75, 3.05) is 39.3 Å². The van der Waals surface area contributed by atoms with Gasteiger partial charge in [-0.1, -0.05) is 13.3 Å². The first kappa shape index (κ1) is 13.3. The number of nitrogens with one attached hydrogen (secondary N) is 1. The maximum Gasteiger partial charge on any atom is 0.312 e. The highest BCUT2D eigenvalue weighted by molar-refractivity contribution is 6.35. The summed E-state index contributed by atoms with van der Waals surface area (Å²) in [6, 6.07) is 0. The van der Waals surface area contributed by atoms with Crippen molar-refractivity contribution < 1.29 is 9.59 Å². The van der Waals surface area contributed by atoms with Gasteiger partial charge < -0.3 is 15.1 Å². The van der Waals surface area contributed by atoms with E-state index in [9.17, 15) is 9.59 Å². The van der Waals surface area contributed by atoms with Gasteiger partial charge in [-0.15, -0.1) is 0 Å². The van der Waals surface area contributed by atoms with E-state index in [0.717, 1.165) is 45.4 Å². The molecule has 0 saturated carbocycles. The topological polar surface area (TPSA) is 52.7 Å². The Bertz CT molecular complexity index is 313. The molecule has 1 atom stereocenters. The van der Waals surface area contributed by atoms with E-state index in [1.165, 1.54) is 0 Å². The number of rotatable bonds is 2. The average Bonchev–Trinajstić information content (AvgIpc) is 2.87. The maximum absolute atomic E-state index is 12.1. The summed E-state index contributed by atoms with van der Waals surface area (Å²) < 4.78 is 0. The Morgan fingerprint density at radius 3 is 2.44 bits per heavy atom. The van der Waals surface area contributed by atoms with Gasteiger partial charge in [0.15, 0.2) is 0 Å². The first-order chi connectivity index (χ1) is 8.72. The molecular weight excluding hydrogens is 230 g/mol. The Morgan fingerprint density at radius 1 is 1.11 bits per heavy atom. The van der Waals surface area contributed by atoms with Crippen molar-refractivity contribution in [3.63, 3.8) is 0 Å². The largest absolute Gasteiger partial charge is 0.334 e. The van der Waals surface area contributed by atoms with Crippen LogP contribution in [0.4, 0.5) is 0 Å². The van der Waals surface area contributed by atoms with Crippen LogP contribution in [0.3, 0.4) is 0 Å². The van der Waals surface area contributed by atoms with Crippen LogP contribution in [0.5, 0.6) is 0 Å². The second kappa shape index (κ2) is 6.18. The average molecular weight is 253 g/mol. The Morgan fingerprint density at radius 2 is 1.78 bits per heavy atom. The lowest BCUT2D eigenvalue weighted by molar-refractivity contribution is -0.151. The van der Waals surface area contributed by atoms with E-state index < -0.39 is 0 Å². The summed E-state index contributed by atoms with van der Waals surface area (Å²) in [7, 11) is 0. The van der Waals surface area contributed by atoms with Gasteiger partial charge in [0, 0.05) is 39.3 Å². The van der Waals surface area contributed by atoms with Crippen LogP contribution >= 0.6 is 0 Å². The van der Waals surface area contributed by atoms with Crippen LogP contribution in [0, 0.1) is 5.92 Å². The van der Waals surface area contributed by atoms with E-state index in [1.54, 1.807) is 9.80 Å². The third-order valence-corrected chi connectivity index (χ3v) is 3.86. The molecule has 2 heterocycles. The summed E-state index contributed by atoms with van der Waals surface area (Å²) in [6.45, 7) is 6.56. The molecule has 1 N–H and O–H groups in total. The predicted octanol–water partition coefficient (Wildman–Crippen LogP) is 0.0668. The summed E-state index contributed by atoms with van der Waals surface area (Å²) >= 11 is 0. The first-order valence-electron chi connectivity index (χ1n) is 7.01. The highest BCUT2D eigenvalue weighted by Gasteiger charge is 2.32. The monoisotopic (exact) mass is 253 g/mol. The van der Waals surface area contributed by atoms with E-state index in [2.05, 4.69) is 12.2 Å². The van der Waals surface area contributed by atoms with E-state index in [0.29, 0.717) is 19.0 Å². The van der Waals surface area contributed by atoms with Crippen molar-refractivity contribution in [2.45, 2.75) is 26.2 Å². The molecule has 0 aromatic carbocycles. The fraction of sp³-hybridized carbons (Fsp3) is 0.846. The highest BCUT2D eigenvalue weighted by Crippen LogP contribution is 2.21. The minimum absolute atomic E-state index is 0.296. The third-order valence-electron chi connectivity index (χ3n) is 3.86. The zero-order valence-electron chi connectivity index (χ0n) is 11.2. The van der Waals surface area contributed by atoms with Gasteiger partial charge in [-0.3, -0.25) is 9.59 Å². The Labute approximate surface area is 108 Å². The molecule has 2 aliphatic rings. The number of carbonyl (C=O) groups is 2. The normalized spacial score (nSPS) is 24.4. The van der Waals surface area contributed by atoms with Crippen LogP contribution in [0.15, 0.2) is 0 Å². The van der Waals surface area contributed by atoms with Crippen LogP contribution in [0.25, 0.3) is 0 Å². The molecule has 0 spiro atoms. The van der Waals surface area contributed by atoms with Crippen molar-refractivity contribution in [3.05, 3.63) is 0 Å². The molecule has 18 heavy (non-hydrogen) atoms. The maximum atomic E-state index is 12.1. The first-order valence-corrected chi connectivity index (χ1v) is 7.01. The van der Waals surface area contributed by atoms with Gasteiger partial charge >= 0.3 is 11.8 Å². The van der Waals surface area contributed by atoms with Crippen LogP contribution < -0.4 is 5.32 Å². The molecule has 5 nitrogen and oxygen atoms in total. The molecule has 0 aliphatic carbocycles. The molecule has 2 rings (SSSR count). The van der Waals surface area contributed by atoms with Crippen LogP contribution in [0.2, 0.25) is 0 Å². The van der Waals surface area contributed by atoms with Crippen molar-refractivity contribution in [1.29, 1.82) is 0 Å². The van der Waals surface area contributed by atoms with Crippen molar-refractivity contribution in [3.8, 4) is 0 Å². The quantitative estimate of drug-likeness (QED) is 0.708. The minimum Gasteiger partial charge on any atom is -0.334 e. The Kier molecular flexibility index (Phi) is 4.58. The number of hydrogen-bond donors (Lipinski definition) is 1. The van der Waals surface area contributed by atoms with Gasteiger partial charge in [-0.2, -0.15) is 0 Å². The fourth-order valence-corrected chi connectivity index (χ4v) is 2.80. The molecule has 0 bridgehead atoms. The molecule has 0 aromatic heterocycles. The third kappa shape index (κ3) is 3.02. The lowest BCUT2D eigenvalue weighted by Gasteiger charge is -2.28. The molecule has 2 amide bonds. The summed E-state index contributed by atoms with van der Waals surface area (Å²) in [5, 5.41) is 3.18. The number of carbonyl (C=O) groups excluding carboxylic acids is 2. The number of piperazine rings is 1. The minimum atomic E-state index is -0.311. The Balaban J connectivity index is 1.85. The van der Waals surface area contributed by atoms with Crippen molar-refractivity contribution >= 4 is 11.8 Å². The second-order valence-corrected chi connectivity index (χ2v) is 5.24. The predicted molar refractivity (Wildman–Crippen MR) is 69.0 cm³/mol. The van der Waals surface area contributed by atoms with Crippen LogP contribution in [-0.2, 0) is 9.59 Å². The van der Waals surface area contributed by atoms with Gasteiger partial charge in [0.2, 0.25) is 0 Å². The molecule has 2 aliphatic heterocycles. The molecule has 0 aromatic rings. The number of nitrogens with zero attached hydrogens (tertiary/aromatic N) is 2. The fourth-order valence-electron chi connectivity index (χ4n) is 2.80. The van der Waals surface area contributed by atoms with Gasteiger partial charge in [-0.05, 0) is 18.8 Å². The lowest BCUT2D eigenvalue weighted by Crippen LogP contribution is -2.51. The molecule has 0 radical (unpaired) electrons. The molecule has 1 unspecified atom stereocenters. The molecular formula is C13H23N3O2. The van der Waals surface area contributed by atoms with Gasteiger partial charge in [0.05, 0.1) is 0 Å². The van der Waals surface area contributed by atoms with Crippen molar-refractivity contribution in [1.82, 2.24) is 15.1 Å². The summed E-state index contributed by atoms with van der Waals surface area (Å²) in [5.41, 5.74) is 0. The lowest BCUT2D eigenvalue weighted by atomic mass is 10.0. The van der Waals surface area contributed by atoms with Crippen LogP contribution in [0.1, 0.15) is 26.2 Å². The highest BCUT2D eigenvalue weighted by atomic mass is 16.2. The molecule has 2 fully saturated rings. The molecule has 102 valence electrons. The van der Waals surface area contributed by atoms with E-state index in [4.69, 9.17) is 0 Å². The van der Waals surface area contributed by atoms with E-state index >= 15 is 0 Å². The number of hydrogen-bond acceptors (Lipinski definition) is 3. The number of likely N-dealkylation sites (tertiary alicyclic amines) is 1. The van der Waals surface area contributed by atoms with Gasteiger partial charge in [-0.25, -0.2) is 0 Å². The SMILES string of the molecule is CCCC1CCN(C(=O)C(=O)N2CCNCC2)C1. The van der Waals surface area contributed by atoms with Crippen molar-refractivity contribution in [2.24, 2.45) is 5.92 Å². The number of amides is 2. The standard InChI is InChI=1S/C13H23N3O2/c1-2-3-11-4-7-16(10-11)13(18)12(17)15-8-5-14-6-9-15/h11,14H,2-10H2,1H3. The van der Waals surface area contributed by atoms with Crippen LogP contribution in [-0.4, -0.2) is 60.9 Å². The Hall–Kier alpha value is -1.10. The summed E-state index contributed by atoms with van der Waals surface area (Å²) in [5.74, 6) is -0.0149. The van der Waals surface area contributed by atoms with E-state index in [1.807, 2.05) is 0 Å². The molecule has 2 saturated heterocycles. The smallest absolute Gasteiger partial charge is 0.312 e.